The van der Waals surface area contributed by atoms with Crippen LogP contribution < -0.4 is 15.8 Å². The molecule has 3 N–H and O–H groups in total. The number of unbranched alkanes of at least 4 members (excludes halogenated alkanes) is 10. The third-order valence-electron chi connectivity index (χ3n) is 9.60. The molecule has 0 spiro atoms. The molecule has 0 aliphatic rings. The van der Waals surface area contributed by atoms with Gasteiger partial charge in [0.2, 0.25) is 0 Å². The molecule has 2 aromatic carbocycles. The lowest BCUT2D eigenvalue weighted by Gasteiger charge is -2.25. The lowest BCUT2D eigenvalue weighted by molar-refractivity contribution is -0.138. The van der Waals surface area contributed by atoms with E-state index in [4.69, 9.17) is 14.6 Å². The standard InChI is InChI=1S/C44H50N6O7/c45-29-38(39(30-46)49-43(55)37-27-33(22-23-47-37)32-16-10-9-11-17-32)48-31-35-26-34-20-21-36(28-40(34)57-44(35)56)50(24-14-7-3-1-5-12-18-41(51)52)25-15-8-4-2-6-13-19-42(53)54/h9-11,16-17,20-23,26-28,31,38-39H,1-8,12-15,18-19,24-25H2,(H,49,55)(H,51,52)(H,53,54). The first-order valence-electron chi connectivity index (χ1n) is 19.6. The Morgan fingerprint density at radius 2 is 1.39 bits per heavy atom. The van der Waals surface area contributed by atoms with Gasteiger partial charge in [0.1, 0.15) is 11.3 Å². The number of rotatable bonds is 25. The van der Waals surface area contributed by atoms with E-state index in [1.807, 2.05) is 60.7 Å². The van der Waals surface area contributed by atoms with Gasteiger partial charge in [-0.3, -0.25) is 24.4 Å². The number of carbonyl (C=O) groups excluding carboxylic acids is 1. The van der Waals surface area contributed by atoms with Crippen molar-refractivity contribution in [1.82, 2.24) is 10.3 Å². The maximum atomic E-state index is 13.1. The number of nitriles is 2. The zero-order valence-corrected chi connectivity index (χ0v) is 32.1. The van der Waals surface area contributed by atoms with Crippen LogP contribution in [0.2, 0.25) is 0 Å². The van der Waals surface area contributed by atoms with Crippen molar-refractivity contribution in [3.63, 3.8) is 0 Å². The number of anilines is 1. The number of benzene rings is 2. The van der Waals surface area contributed by atoms with Gasteiger partial charge in [-0.05, 0) is 67.1 Å². The van der Waals surface area contributed by atoms with Crippen LogP contribution in [0.5, 0.6) is 0 Å². The summed E-state index contributed by atoms with van der Waals surface area (Å²) in [7, 11) is 0. The number of fused-ring (bicyclic) bond motifs is 1. The van der Waals surface area contributed by atoms with E-state index in [-0.39, 0.29) is 24.1 Å². The Kier molecular flexibility index (Phi) is 17.9. The molecule has 4 rings (SSSR count). The average molecular weight is 775 g/mol. The van der Waals surface area contributed by atoms with E-state index in [0.29, 0.717) is 23.8 Å². The van der Waals surface area contributed by atoms with Crippen LogP contribution in [0.1, 0.15) is 106 Å². The summed E-state index contributed by atoms with van der Waals surface area (Å²) in [5.74, 6) is -2.17. The van der Waals surface area contributed by atoms with Gasteiger partial charge in [0, 0.05) is 55.5 Å². The predicted octanol–water partition coefficient (Wildman–Crippen LogP) is 7.93. The van der Waals surface area contributed by atoms with Gasteiger partial charge in [0.25, 0.3) is 5.91 Å². The Morgan fingerprint density at radius 3 is 1.98 bits per heavy atom. The van der Waals surface area contributed by atoms with E-state index in [1.165, 1.54) is 12.4 Å². The molecule has 0 radical (unpaired) electrons. The second-order valence-electron chi connectivity index (χ2n) is 14.0. The Labute approximate surface area is 332 Å². The fourth-order valence-corrected chi connectivity index (χ4v) is 6.46. The molecule has 4 aromatic rings. The molecule has 2 aromatic heterocycles. The van der Waals surface area contributed by atoms with Crippen molar-refractivity contribution in [3.05, 3.63) is 94.6 Å². The van der Waals surface area contributed by atoms with E-state index >= 15 is 0 Å². The SMILES string of the molecule is N#CC(N=Cc1cc2ccc(N(CCCCCCCCC(=O)O)CCCCCCCCC(=O)O)cc2oc1=O)C(C#N)NC(=O)c1cc(-c2ccccc2)ccn1. The molecule has 0 bridgehead atoms. The first-order chi connectivity index (χ1) is 27.7. The minimum atomic E-state index is -1.32. The summed E-state index contributed by atoms with van der Waals surface area (Å²) in [5.41, 5.74) is 2.43. The summed E-state index contributed by atoms with van der Waals surface area (Å²) >= 11 is 0. The van der Waals surface area contributed by atoms with Gasteiger partial charge in [-0.15, -0.1) is 0 Å². The first kappa shape index (κ1) is 43.4. The van der Waals surface area contributed by atoms with Gasteiger partial charge in [0.15, 0.2) is 12.1 Å². The van der Waals surface area contributed by atoms with Gasteiger partial charge in [-0.1, -0.05) is 81.7 Å². The van der Waals surface area contributed by atoms with Gasteiger partial charge in [-0.25, -0.2) is 4.79 Å². The van der Waals surface area contributed by atoms with Crippen LogP contribution in [0, 0.1) is 22.7 Å². The van der Waals surface area contributed by atoms with Crippen molar-refractivity contribution in [3.8, 4) is 23.3 Å². The highest BCUT2D eigenvalue weighted by molar-refractivity contribution is 5.94. The third-order valence-corrected chi connectivity index (χ3v) is 9.60. The number of amides is 1. The van der Waals surface area contributed by atoms with Crippen LogP contribution in [0.4, 0.5) is 5.69 Å². The maximum Gasteiger partial charge on any atom is 0.345 e. The van der Waals surface area contributed by atoms with Gasteiger partial charge in [-0.2, -0.15) is 10.5 Å². The number of carbonyl (C=O) groups is 3. The molecule has 0 saturated heterocycles. The van der Waals surface area contributed by atoms with Gasteiger partial charge >= 0.3 is 17.6 Å². The summed E-state index contributed by atoms with van der Waals surface area (Å²) in [5, 5.41) is 40.6. The summed E-state index contributed by atoms with van der Waals surface area (Å²) in [6, 6.07) is 21.3. The van der Waals surface area contributed by atoms with Crippen molar-refractivity contribution < 1.29 is 29.0 Å². The van der Waals surface area contributed by atoms with Crippen molar-refractivity contribution in [2.24, 2.45) is 4.99 Å². The van der Waals surface area contributed by atoms with Crippen molar-refractivity contribution in [1.29, 1.82) is 10.5 Å². The highest BCUT2D eigenvalue weighted by Crippen LogP contribution is 2.24. The van der Waals surface area contributed by atoms with Crippen molar-refractivity contribution in [2.75, 3.05) is 18.0 Å². The summed E-state index contributed by atoms with van der Waals surface area (Å²) in [6.45, 7) is 1.60. The quantitative estimate of drug-likeness (QED) is 0.0334. The van der Waals surface area contributed by atoms with Crippen LogP contribution >= 0.6 is 0 Å². The first-order valence-corrected chi connectivity index (χ1v) is 19.6. The molecular formula is C44H50N6O7. The zero-order valence-electron chi connectivity index (χ0n) is 32.1. The summed E-state index contributed by atoms with van der Waals surface area (Å²) < 4.78 is 5.72. The number of aromatic nitrogens is 1. The number of nitrogens with one attached hydrogen (secondary N) is 1. The Hall–Kier alpha value is -6.34. The number of pyridine rings is 1. The molecule has 13 nitrogen and oxygen atoms in total. The molecule has 298 valence electrons. The molecule has 0 aliphatic heterocycles. The van der Waals surface area contributed by atoms with Crippen LogP contribution in [0.25, 0.3) is 22.1 Å². The second kappa shape index (κ2) is 23.6. The second-order valence-corrected chi connectivity index (χ2v) is 14.0. The van der Waals surface area contributed by atoms with Crippen LogP contribution in [-0.4, -0.2) is 64.4 Å². The molecule has 2 heterocycles. The number of hydrogen-bond donors (Lipinski definition) is 3. The number of nitrogens with zero attached hydrogens (tertiary/aromatic N) is 5. The molecule has 2 unspecified atom stereocenters. The highest BCUT2D eigenvalue weighted by atomic mass is 16.4. The zero-order chi connectivity index (χ0) is 40.8. The van der Waals surface area contributed by atoms with Gasteiger partial charge < -0.3 is 24.8 Å². The third kappa shape index (κ3) is 14.7. The molecule has 0 aliphatic carbocycles. The van der Waals surface area contributed by atoms with Crippen LogP contribution in [-0.2, 0) is 9.59 Å². The molecular weight excluding hydrogens is 725 g/mol. The Bertz CT molecular complexity index is 2070. The number of hydrogen-bond acceptors (Lipinski definition) is 10. The van der Waals surface area contributed by atoms with E-state index < -0.39 is 35.6 Å². The number of carboxylic acid groups (broad SMARTS) is 2. The van der Waals surface area contributed by atoms with Crippen molar-refractivity contribution in [2.45, 2.75) is 102 Å². The van der Waals surface area contributed by atoms with E-state index in [9.17, 15) is 29.7 Å². The average Bonchev–Trinajstić information content (AvgIpc) is 3.21. The largest absolute Gasteiger partial charge is 0.481 e. The van der Waals surface area contributed by atoms with E-state index in [2.05, 4.69) is 20.2 Å². The Balaban J connectivity index is 1.41. The minimum Gasteiger partial charge on any atom is -0.481 e. The number of aliphatic carboxylic acids is 2. The lowest BCUT2D eigenvalue weighted by Crippen LogP contribution is -2.41. The fourth-order valence-electron chi connectivity index (χ4n) is 6.46. The van der Waals surface area contributed by atoms with Crippen LogP contribution in [0.3, 0.4) is 0 Å². The van der Waals surface area contributed by atoms with Crippen LogP contribution in [0.15, 0.2) is 87.1 Å². The molecule has 0 saturated carbocycles. The van der Waals surface area contributed by atoms with Crippen molar-refractivity contribution >= 4 is 40.7 Å². The smallest absolute Gasteiger partial charge is 0.345 e. The fraction of sp³-hybridized carbons (Fsp3) is 0.409. The number of aliphatic imine (C=N–C) groups is 1. The molecule has 1 amide bonds. The Morgan fingerprint density at radius 1 is 0.772 bits per heavy atom. The number of carboxylic acids is 2. The molecule has 0 fully saturated rings. The minimum absolute atomic E-state index is 0.0697. The normalized spacial score (nSPS) is 12.1. The maximum absolute atomic E-state index is 13.1. The molecule has 57 heavy (non-hydrogen) atoms. The summed E-state index contributed by atoms with van der Waals surface area (Å²) in [4.78, 5) is 58.3. The molecule has 13 heteroatoms. The lowest BCUT2D eigenvalue weighted by atomic mass is 10.1. The van der Waals surface area contributed by atoms with E-state index in [0.717, 1.165) is 94.1 Å². The molecule has 2 atom stereocenters. The van der Waals surface area contributed by atoms with Gasteiger partial charge in [0.05, 0.1) is 17.7 Å². The topological polar surface area (TPSA) is 210 Å². The predicted molar refractivity (Wildman–Crippen MR) is 218 cm³/mol. The van der Waals surface area contributed by atoms with E-state index in [1.54, 1.807) is 18.2 Å². The monoisotopic (exact) mass is 774 g/mol. The summed E-state index contributed by atoms with van der Waals surface area (Å²) in [6.07, 6.45) is 14.2. The highest BCUT2D eigenvalue weighted by Gasteiger charge is 2.24.